The third-order valence-corrected chi connectivity index (χ3v) is 8.88. The summed E-state index contributed by atoms with van der Waals surface area (Å²) in [5.41, 5.74) is -1.27. The van der Waals surface area contributed by atoms with Gasteiger partial charge in [-0.1, -0.05) is 96.8 Å². The summed E-state index contributed by atoms with van der Waals surface area (Å²) in [4.78, 5) is 0. The highest BCUT2D eigenvalue weighted by Gasteiger charge is 2.61. The molecule has 198 valence electrons. The largest absolute Gasteiger partial charge is 0.458 e. The van der Waals surface area contributed by atoms with E-state index in [2.05, 4.69) is 62.3 Å². The van der Waals surface area contributed by atoms with Crippen LogP contribution in [0, 0.1) is 0 Å². The second-order valence-electron chi connectivity index (χ2n) is 12.9. The number of rotatable bonds is 16. The van der Waals surface area contributed by atoms with Crippen LogP contribution >= 0.6 is 0 Å². The molecule has 2 aliphatic heterocycles. The van der Waals surface area contributed by atoms with Gasteiger partial charge in [-0.2, -0.15) is 0 Å². The Labute approximate surface area is 213 Å². The van der Waals surface area contributed by atoms with E-state index >= 15 is 0 Å². The van der Waals surface area contributed by atoms with Crippen molar-refractivity contribution in [2.45, 2.75) is 180 Å². The van der Waals surface area contributed by atoms with Gasteiger partial charge in [-0.25, -0.2) is 0 Å². The van der Waals surface area contributed by atoms with E-state index in [0.717, 1.165) is 12.8 Å². The first-order valence-corrected chi connectivity index (χ1v) is 14.5. The summed E-state index contributed by atoms with van der Waals surface area (Å²) in [6, 6.07) is 0. The molecule has 0 atom stereocenters. The zero-order valence-corrected chi connectivity index (χ0v) is 24.3. The highest BCUT2D eigenvalue weighted by molar-refractivity contribution is 6.68. The second kappa shape index (κ2) is 13.0. The van der Waals surface area contributed by atoms with Gasteiger partial charge in [0.15, 0.2) is 0 Å². The second-order valence-corrected chi connectivity index (χ2v) is 12.9. The fraction of sp³-hybridized carbons (Fsp3) is 1.00. The van der Waals surface area contributed by atoms with Gasteiger partial charge in [0.05, 0.1) is 22.4 Å². The normalized spacial score (nSPS) is 22.8. The quantitative estimate of drug-likeness (QED) is 0.165. The molecular weight excluding hydrogens is 422 g/mol. The molecule has 2 rings (SSSR count). The van der Waals surface area contributed by atoms with Gasteiger partial charge in [-0.3, -0.25) is 0 Å². The smallest absolute Gasteiger partial charge is 0.403 e. The van der Waals surface area contributed by atoms with Crippen LogP contribution in [0.1, 0.15) is 152 Å². The standard InChI is InChI=1S/C28H56B2O4/c1-10-11-12-13-14-15-16-17-18-19-20-21-22-23-24(29-31-25(2,3)26(4,5)32-29)30-33-27(6,7)28(8,9)34-30/h24H,10-23H2,1-9H3. The molecule has 0 saturated carbocycles. The van der Waals surface area contributed by atoms with Crippen LogP contribution in [0.3, 0.4) is 0 Å². The maximum atomic E-state index is 6.46. The molecule has 0 spiro atoms. The Hall–Kier alpha value is -0.0301. The Kier molecular flexibility index (Phi) is 11.5. The lowest BCUT2D eigenvalue weighted by molar-refractivity contribution is 0.00578. The Balaban J connectivity index is 1.74. The van der Waals surface area contributed by atoms with E-state index in [-0.39, 0.29) is 42.4 Å². The third kappa shape index (κ3) is 8.25. The van der Waals surface area contributed by atoms with Gasteiger partial charge in [0, 0.05) is 5.72 Å². The maximum Gasteiger partial charge on any atom is 0.458 e. The summed E-state index contributed by atoms with van der Waals surface area (Å²) < 4.78 is 25.8. The molecule has 0 unspecified atom stereocenters. The van der Waals surface area contributed by atoms with Crippen LogP contribution in [0.2, 0.25) is 5.72 Å². The fourth-order valence-corrected chi connectivity index (χ4v) is 4.93. The Bertz CT molecular complexity index is 523. The van der Waals surface area contributed by atoms with Crippen LogP contribution in [-0.2, 0) is 18.6 Å². The van der Waals surface area contributed by atoms with Crippen molar-refractivity contribution >= 4 is 14.2 Å². The van der Waals surface area contributed by atoms with Gasteiger partial charge >= 0.3 is 14.2 Å². The molecule has 0 bridgehead atoms. The molecule has 2 heterocycles. The van der Waals surface area contributed by atoms with Crippen molar-refractivity contribution in [3.05, 3.63) is 0 Å². The summed E-state index contributed by atoms with van der Waals surface area (Å²) in [6.45, 7) is 19.3. The van der Waals surface area contributed by atoms with Gasteiger partial charge in [0.1, 0.15) is 0 Å². The van der Waals surface area contributed by atoms with Crippen molar-refractivity contribution < 1.29 is 18.6 Å². The van der Waals surface area contributed by atoms with Crippen LogP contribution in [-0.4, -0.2) is 36.6 Å². The lowest BCUT2D eigenvalue weighted by atomic mass is 9.50. The molecule has 0 aromatic heterocycles. The minimum absolute atomic E-state index is 0.0785. The van der Waals surface area contributed by atoms with Crippen molar-refractivity contribution in [3.8, 4) is 0 Å². The van der Waals surface area contributed by atoms with Gasteiger partial charge in [0.25, 0.3) is 0 Å². The summed E-state index contributed by atoms with van der Waals surface area (Å²) in [5.74, 6) is 0. The summed E-state index contributed by atoms with van der Waals surface area (Å²) in [6.07, 6.45) is 18.8. The van der Waals surface area contributed by atoms with Crippen LogP contribution in [0.25, 0.3) is 0 Å². The summed E-state index contributed by atoms with van der Waals surface area (Å²) in [7, 11) is -0.589. The van der Waals surface area contributed by atoms with Gasteiger partial charge < -0.3 is 18.6 Å². The van der Waals surface area contributed by atoms with E-state index in [9.17, 15) is 0 Å². The zero-order valence-electron chi connectivity index (χ0n) is 24.3. The van der Waals surface area contributed by atoms with Crippen molar-refractivity contribution in [2.24, 2.45) is 0 Å². The zero-order chi connectivity index (χ0) is 25.5. The molecular formula is C28H56B2O4. The average molecular weight is 478 g/mol. The molecule has 0 amide bonds. The molecule has 2 aliphatic rings. The predicted octanol–water partition coefficient (Wildman–Crippen LogP) is 8.56. The van der Waals surface area contributed by atoms with E-state index in [1.54, 1.807) is 0 Å². The molecule has 2 fully saturated rings. The molecule has 2 saturated heterocycles. The van der Waals surface area contributed by atoms with Gasteiger partial charge in [0.2, 0.25) is 0 Å². The highest BCUT2D eigenvalue weighted by atomic mass is 16.7. The van der Waals surface area contributed by atoms with E-state index in [1.807, 2.05) is 0 Å². The lowest BCUT2D eigenvalue weighted by Gasteiger charge is -2.32. The Morgan fingerprint density at radius 3 is 1.00 bits per heavy atom. The minimum Gasteiger partial charge on any atom is -0.403 e. The van der Waals surface area contributed by atoms with E-state index in [0.29, 0.717) is 0 Å². The lowest BCUT2D eigenvalue weighted by Crippen LogP contribution is -2.41. The minimum atomic E-state index is -0.338. The Morgan fingerprint density at radius 1 is 0.441 bits per heavy atom. The van der Waals surface area contributed by atoms with Gasteiger partial charge in [-0.15, -0.1) is 0 Å². The number of hydrogen-bond acceptors (Lipinski definition) is 4. The SMILES string of the molecule is CCCCCCCCCCCCCCCC(B1OC(C)(C)C(C)(C)O1)B1OC(C)(C)C(C)(C)O1. The molecule has 34 heavy (non-hydrogen) atoms. The third-order valence-electron chi connectivity index (χ3n) is 8.88. The molecule has 0 N–H and O–H groups in total. The van der Waals surface area contributed by atoms with Crippen LogP contribution in [0.15, 0.2) is 0 Å². The van der Waals surface area contributed by atoms with Crippen LogP contribution < -0.4 is 0 Å². The highest BCUT2D eigenvalue weighted by Crippen LogP contribution is 2.46. The van der Waals surface area contributed by atoms with Crippen molar-refractivity contribution in [3.63, 3.8) is 0 Å². The first-order chi connectivity index (χ1) is 15.8. The average Bonchev–Trinajstić information content (AvgIpc) is 3.07. The van der Waals surface area contributed by atoms with Gasteiger partial charge in [-0.05, 0) is 55.4 Å². The topological polar surface area (TPSA) is 36.9 Å². The van der Waals surface area contributed by atoms with E-state index < -0.39 is 0 Å². The van der Waals surface area contributed by atoms with Crippen molar-refractivity contribution in [1.82, 2.24) is 0 Å². The number of unbranched alkanes of at least 4 members (excludes halogenated alkanes) is 12. The molecule has 0 aliphatic carbocycles. The van der Waals surface area contributed by atoms with Crippen LogP contribution in [0.5, 0.6) is 0 Å². The van der Waals surface area contributed by atoms with Crippen molar-refractivity contribution in [2.75, 3.05) is 0 Å². The molecule has 0 radical (unpaired) electrons. The molecule has 0 aromatic carbocycles. The molecule has 6 heteroatoms. The number of hydrogen-bond donors (Lipinski definition) is 0. The summed E-state index contributed by atoms with van der Waals surface area (Å²) in [5, 5.41) is 0. The molecule has 4 nitrogen and oxygen atoms in total. The fourth-order valence-electron chi connectivity index (χ4n) is 4.93. The summed E-state index contributed by atoms with van der Waals surface area (Å²) >= 11 is 0. The first kappa shape index (κ1) is 30.2. The first-order valence-electron chi connectivity index (χ1n) is 14.5. The monoisotopic (exact) mass is 478 g/mol. The molecule has 0 aromatic rings. The van der Waals surface area contributed by atoms with Crippen molar-refractivity contribution in [1.29, 1.82) is 0 Å². The maximum absolute atomic E-state index is 6.46. The Morgan fingerprint density at radius 2 is 0.706 bits per heavy atom. The van der Waals surface area contributed by atoms with Crippen LogP contribution in [0.4, 0.5) is 0 Å². The predicted molar refractivity (Wildman–Crippen MR) is 146 cm³/mol. The van der Waals surface area contributed by atoms with E-state index in [1.165, 1.54) is 77.0 Å². The van der Waals surface area contributed by atoms with E-state index in [4.69, 9.17) is 18.6 Å².